The van der Waals surface area contributed by atoms with Crippen molar-refractivity contribution in [1.82, 2.24) is 4.90 Å². The van der Waals surface area contributed by atoms with Gasteiger partial charge in [-0.3, -0.25) is 14.5 Å². The second kappa shape index (κ2) is 8.84. The third-order valence-corrected chi connectivity index (χ3v) is 6.82. The van der Waals surface area contributed by atoms with Crippen LogP contribution in [0.4, 0.5) is 0 Å². The summed E-state index contributed by atoms with van der Waals surface area (Å²) < 4.78 is 0. The van der Waals surface area contributed by atoms with Crippen molar-refractivity contribution in [2.45, 2.75) is 28.7 Å². The number of amides is 2. The summed E-state index contributed by atoms with van der Waals surface area (Å²) in [7, 11) is 0. The first-order chi connectivity index (χ1) is 12.6. The van der Waals surface area contributed by atoms with Gasteiger partial charge in [0.25, 0.3) is 11.8 Å². The number of alkyl halides is 1. The second-order valence-electron chi connectivity index (χ2n) is 6.16. The van der Waals surface area contributed by atoms with Gasteiger partial charge in [0.05, 0.1) is 17.2 Å². The molecular formula is C20H20BrNO3S. The molecule has 1 aliphatic rings. The average molecular weight is 434 g/mol. The Morgan fingerprint density at radius 1 is 0.962 bits per heavy atom. The second-order valence-corrected chi connectivity index (χ2v) is 8.43. The Morgan fingerprint density at radius 3 is 2.15 bits per heavy atom. The Labute approximate surface area is 165 Å². The lowest BCUT2D eigenvalue weighted by atomic mass is 10.1. The zero-order valence-corrected chi connectivity index (χ0v) is 16.6. The minimum absolute atomic E-state index is 0.0464. The van der Waals surface area contributed by atoms with Gasteiger partial charge in [-0.05, 0) is 37.1 Å². The van der Waals surface area contributed by atoms with E-state index in [1.165, 1.54) is 4.90 Å². The largest absolute Gasteiger partial charge is 0.392 e. The molecule has 136 valence electrons. The van der Waals surface area contributed by atoms with E-state index in [1.54, 1.807) is 36.0 Å². The highest BCUT2D eigenvalue weighted by Crippen LogP contribution is 2.25. The fourth-order valence-electron chi connectivity index (χ4n) is 2.89. The molecule has 0 spiro atoms. The number of hydrogen-bond acceptors (Lipinski definition) is 4. The lowest BCUT2D eigenvalue weighted by molar-refractivity contribution is 0.0641. The number of rotatable bonds is 8. The maximum Gasteiger partial charge on any atom is 0.261 e. The van der Waals surface area contributed by atoms with Crippen LogP contribution in [0.25, 0.3) is 0 Å². The molecule has 2 atom stereocenters. The van der Waals surface area contributed by atoms with Crippen LogP contribution < -0.4 is 0 Å². The van der Waals surface area contributed by atoms with Crippen molar-refractivity contribution in [2.75, 3.05) is 12.3 Å². The summed E-state index contributed by atoms with van der Waals surface area (Å²) in [5, 5.41) is 10.3. The summed E-state index contributed by atoms with van der Waals surface area (Å²) in [5.74, 6) is 0.267. The standard InChI is InChI=1S/C20H20BrNO3S/c21-17(13-26-14-7-2-1-3-8-14)18(23)11-6-12-22-19(24)15-9-4-5-10-16(15)20(22)25/h1-5,7-10,17-18,23H,6,11-13H2/t17-,18-/m1/s1. The molecule has 0 bridgehead atoms. The van der Waals surface area contributed by atoms with Crippen molar-refractivity contribution < 1.29 is 14.7 Å². The molecule has 0 unspecified atom stereocenters. The lowest BCUT2D eigenvalue weighted by Crippen LogP contribution is -2.32. The van der Waals surface area contributed by atoms with E-state index in [0.29, 0.717) is 30.5 Å². The summed E-state index contributed by atoms with van der Waals surface area (Å²) in [6, 6.07) is 16.9. The molecule has 0 saturated carbocycles. The van der Waals surface area contributed by atoms with Gasteiger partial charge in [-0.2, -0.15) is 0 Å². The molecule has 2 aromatic rings. The van der Waals surface area contributed by atoms with Gasteiger partial charge in [0.2, 0.25) is 0 Å². The molecule has 1 heterocycles. The molecule has 0 saturated heterocycles. The molecule has 0 fully saturated rings. The molecule has 2 aromatic carbocycles. The molecule has 2 amide bonds. The number of benzene rings is 2. The highest BCUT2D eigenvalue weighted by molar-refractivity contribution is 9.09. The van der Waals surface area contributed by atoms with E-state index in [1.807, 2.05) is 30.3 Å². The number of aliphatic hydroxyl groups excluding tert-OH is 1. The zero-order valence-electron chi connectivity index (χ0n) is 14.2. The smallest absolute Gasteiger partial charge is 0.261 e. The molecule has 1 aliphatic heterocycles. The van der Waals surface area contributed by atoms with Gasteiger partial charge in [0.15, 0.2) is 0 Å². The number of halogens is 1. The quantitative estimate of drug-likeness (QED) is 0.388. The Balaban J connectivity index is 1.44. The maximum absolute atomic E-state index is 12.3. The van der Waals surface area contributed by atoms with Crippen LogP contribution in [0.1, 0.15) is 33.6 Å². The number of thioether (sulfide) groups is 1. The predicted octanol–water partition coefficient (Wildman–Crippen LogP) is 3.98. The fourth-order valence-corrected chi connectivity index (χ4v) is 4.47. The van der Waals surface area contributed by atoms with Gasteiger partial charge < -0.3 is 5.11 Å². The minimum atomic E-state index is -0.526. The van der Waals surface area contributed by atoms with Crippen LogP contribution >= 0.6 is 27.7 Å². The van der Waals surface area contributed by atoms with Gasteiger partial charge in [-0.15, -0.1) is 11.8 Å². The highest BCUT2D eigenvalue weighted by atomic mass is 79.9. The van der Waals surface area contributed by atoms with Crippen LogP contribution in [-0.4, -0.2) is 45.0 Å². The molecule has 1 N–H and O–H groups in total. The Hall–Kier alpha value is -1.63. The summed E-state index contributed by atoms with van der Waals surface area (Å²) in [6.07, 6.45) is 0.574. The lowest BCUT2D eigenvalue weighted by Gasteiger charge is -2.19. The van der Waals surface area contributed by atoms with Crippen LogP contribution in [0, 0.1) is 0 Å². The van der Waals surface area contributed by atoms with Crippen LogP contribution in [-0.2, 0) is 0 Å². The predicted molar refractivity (Wildman–Crippen MR) is 107 cm³/mol. The molecule has 4 nitrogen and oxygen atoms in total. The molecule has 0 aliphatic carbocycles. The van der Waals surface area contributed by atoms with E-state index in [2.05, 4.69) is 15.9 Å². The van der Waals surface area contributed by atoms with Gasteiger partial charge in [0.1, 0.15) is 0 Å². The van der Waals surface area contributed by atoms with Crippen molar-refractivity contribution >= 4 is 39.5 Å². The highest BCUT2D eigenvalue weighted by Gasteiger charge is 2.34. The number of carbonyl (C=O) groups is 2. The molecular weight excluding hydrogens is 414 g/mol. The van der Waals surface area contributed by atoms with Crippen LogP contribution in [0.3, 0.4) is 0 Å². The number of fused-ring (bicyclic) bond motifs is 1. The van der Waals surface area contributed by atoms with Crippen molar-refractivity contribution in [3.05, 3.63) is 65.7 Å². The molecule has 6 heteroatoms. The number of aliphatic hydroxyl groups is 1. The first-order valence-corrected chi connectivity index (χ1v) is 10.4. The Morgan fingerprint density at radius 2 is 1.54 bits per heavy atom. The molecule has 0 radical (unpaired) electrons. The normalized spacial score (nSPS) is 15.8. The molecule has 3 rings (SSSR count). The van der Waals surface area contributed by atoms with Gasteiger partial charge in [-0.25, -0.2) is 0 Å². The average Bonchev–Trinajstić information content (AvgIpc) is 2.92. The van der Waals surface area contributed by atoms with Gasteiger partial charge in [0, 0.05) is 22.0 Å². The number of hydrogen-bond donors (Lipinski definition) is 1. The Bertz CT molecular complexity index is 749. The van der Waals surface area contributed by atoms with Crippen LogP contribution in [0.15, 0.2) is 59.5 Å². The minimum Gasteiger partial charge on any atom is -0.392 e. The summed E-state index contributed by atoms with van der Waals surface area (Å²) >= 11 is 5.23. The van der Waals surface area contributed by atoms with Crippen LogP contribution in [0.2, 0.25) is 0 Å². The number of imide groups is 1. The van der Waals surface area contributed by atoms with Gasteiger partial charge in [-0.1, -0.05) is 46.3 Å². The third-order valence-electron chi connectivity index (χ3n) is 4.33. The first-order valence-electron chi connectivity index (χ1n) is 8.53. The van der Waals surface area contributed by atoms with Crippen molar-refractivity contribution in [3.8, 4) is 0 Å². The van der Waals surface area contributed by atoms with Crippen molar-refractivity contribution in [2.24, 2.45) is 0 Å². The van der Waals surface area contributed by atoms with E-state index in [0.717, 1.165) is 10.6 Å². The molecule has 0 aromatic heterocycles. The molecule has 26 heavy (non-hydrogen) atoms. The first kappa shape index (κ1) is 19.1. The topological polar surface area (TPSA) is 57.6 Å². The van der Waals surface area contributed by atoms with E-state index >= 15 is 0 Å². The van der Waals surface area contributed by atoms with Crippen LogP contribution in [0.5, 0.6) is 0 Å². The SMILES string of the molecule is O=C1c2ccccc2C(=O)N1CCC[C@@H](O)[C@H](Br)CSc1ccccc1. The third kappa shape index (κ3) is 4.37. The number of carbonyl (C=O) groups excluding carboxylic acids is 2. The van der Waals surface area contributed by atoms with E-state index in [9.17, 15) is 14.7 Å². The van der Waals surface area contributed by atoms with Crippen molar-refractivity contribution in [3.63, 3.8) is 0 Å². The Kier molecular flexibility index (Phi) is 6.51. The monoisotopic (exact) mass is 433 g/mol. The summed E-state index contributed by atoms with van der Waals surface area (Å²) in [5.41, 5.74) is 0.936. The van der Waals surface area contributed by atoms with E-state index < -0.39 is 6.10 Å². The zero-order chi connectivity index (χ0) is 18.5. The summed E-state index contributed by atoms with van der Waals surface area (Å²) in [4.78, 5) is 27.0. The van der Waals surface area contributed by atoms with Crippen molar-refractivity contribution in [1.29, 1.82) is 0 Å². The summed E-state index contributed by atoms with van der Waals surface area (Å²) in [6.45, 7) is 0.328. The van der Waals surface area contributed by atoms with E-state index in [4.69, 9.17) is 0 Å². The fraction of sp³-hybridized carbons (Fsp3) is 0.300. The van der Waals surface area contributed by atoms with Gasteiger partial charge >= 0.3 is 0 Å². The number of nitrogens with zero attached hydrogens (tertiary/aromatic N) is 1. The van der Waals surface area contributed by atoms with E-state index in [-0.39, 0.29) is 16.6 Å². The maximum atomic E-state index is 12.3.